The SMILES string of the molecule is CCOc1nnccc1N. The standard InChI is InChI=1S/C6H9N3O/c1-2-10-6-5(7)3-4-8-9-6/h3-4H,2H2,1H3,(H2,7,8). The van der Waals surface area contributed by atoms with Crippen LogP contribution in [-0.4, -0.2) is 16.8 Å². The molecule has 0 saturated carbocycles. The van der Waals surface area contributed by atoms with E-state index in [9.17, 15) is 0 Å². The van der Waals surface area contributed by atoms with Gasteiger partial charge in [0, 0.05) is 0 Å². The average Bonchev–Trinajstić information content (AvgIpc) is 1.94. The molecule has 0 aromatic carbocycles. The van der Waals surface area contributed by atoms with Crippen LogP contribution in [0.15, 0.2) is 12.3 Å². The maximum absolute atomic E-state index is 5.48. The zero-order chi connectivity index (χ0) is 7.40. The van der Waals surface area contributed by atoms with Crippen LogP contribution >= 0.6 is 0 Å². The molecule has 10 heavy (non-hydrogen) atoms. The minimum Gasteiger partial charge on any atom is -0.475 e. The third-order valence-corrected chi connectivity index (χ3v) is 0.997. The summed E-state index contributed by atoms with van der Waals surface area (Å²) in [6.07, 6.45) is 1.53. The Morgan fingerprint density at radius 1 is 1.70 bits per heavy atom. The van der Waals surface area contributed by atoms with E-state index in [1.54, 1.807) is 6.07 Å². The lowest BCUT2D eigenvalue weighted by Gasteiger charge is -2.01. The molecule has 0 aliphatic heterocycles. The molecule has 0 unspecified atom stereocenters. The number of aromatic nitrogens is 2. The minimum absolute atomic E-state index is 0.407. The number of nitrogens with zero attached hydrogens (tertiary/aromatic N) is 2. The topological polar surface area (TPSA) is 61.0 Å². The molecule has 1 aromatic heterocycles. The van der Waals surface area contributed by atoms with Crippen LogP contribution in [0.5, 0.6) is 5.88 Å². The molecule has 1 rings (SSSR count). The summed E-state index contributed by atoms with van der Waals surface area (Å²) in [4.78, 5) is 0. The van der Waals surface area contributed by atoms with E-state index in [1.165, 1.54) is 6.20 Å². The van der Waals surface area contributed by atoms with Crippen LogP contribution in [0.3, 0.4) is 0 Å². The predicted octanol–water partition coefficient (Wildman–Crippen LogP) is 0.458. The van der Waals surface area contributed by atoms with Gasteiger partial charge >= 0.3 is 0 Å². The second kappa shape index (κ2) is 3.00. The number of rotatable bonds is 2. The van der Waals surface area contributed by atoms with Crippen molar-refractivity contribution >= 4 is 5.69 Å². The zero-order valence-corrected chi connectivity index (χ0v) is 5.74. The number of ether oxygens (including phenoxy) is 1. The van der Waals surface area contributed by atoms with E-state index < -0.39 is 0 Å². The number of hydrogen-bond acceptors (Lipinski definition) is 4. The summed E-state index contributed by atoms with van der Waals surface area (Å²) in [7, 11) is 0. The van der Waals surface area contributed by atoms with Crippen LogP contribution < -0.4 is 10.5 Å². The molecule has 0 saturated heterocycles. The summed E-state index contributed by atoms with van der Waals surface area (Å²) >= 11 is 0. The Labute approximate surface area is 59.0 Å². The number of hydrogen-bond donors (Lipinski definition) is 1. The van der Waals surface area contributed by atoms with E-state index in [1.807, 2.05) is 6.92 Å². The second-order valence-electron chi connectivity index (χ2n) is 1.72. The summed E-state index contributed by atoms with van der Waals surface area (Å²) in [5.41, 5.74) is 6.00. The largest absolute Gasteiger partial charge is 0.475 e. The van der Waals surface area contributed by atoms with Gasteiger partial charge in [0.05, 0.1) is 18.5 Å². The first-order chi connectivity index (χ1) is 4.84. The predicted molar refractivity (Wildman–Crippen MR) is 37.6 cm³/mol. The van der Waals surface area contributed by atoms with Gasteiger partial charge in [-0.1, -0.05) is 0 Å². The summed E-state index contributed by atoms with van der Waals surface area (Å²) in [5, 5.41) is 7.28. The van der Waals surface area contributed by atoms with Gasteiger partial charge in [-0.25, -0.2) is 0 Å². The number of anilines is 1. The first-order valence-corrected chi connectivity index (χ1v) is 3.04. The maximum Gasteiger partial charge on any atom is 0.256 e. The van der Waals surface area contributed by atoms with Gasteiger partial charge in [0.1, 0.15) is 0 Å². The van der Waals surface area contributed by atoms with E-state index in [2.05, 4.69) is 10.2 Å². The van der Waals surface area contributed by atoms with Gasteiger partial charge in [-0.05, 0) is 13.0 Å². The number of nitrogens with two attached hydrogens (primary N) is 1. The lowest BCUT2D eigenvalue weighted by atomic mass is 10.5. The van der Waals surface area contributed by atoms with Gasteiger partial charge < -0.3 is 10.5 Å². The molecule has 1 heterocycles. The molecule has 2 N–H and O–H groups in total. The van der Waals surface area contributed by atoms with Crippen LogP contribution in [0.2, 0.25) is 0 Å². The third-order valence-electron chi connectivity index (χ3n) is 0.997. The highest BCUT2D eigenvalue weighted by Gasteiger charge is 1.97. The van der Waals surface area contributed by atoms with Gasteiger partial charge in [-0.15, -0.1) is 5.10 Å². The molecule has 1 aromatic rings. The molecule has 0 aliphatic carbocycles. The Morgan fingerprint density at radius 2 is 2.50 bits per heavy atom. The van der Waals surface area contributed by atoms with Crippen molar-refractivity contribution in [2.24, 2.45) is 0 Å². The van der Waals surface area contributed by atoms with Gasteiger partial charge in [0.15, 0.2) is 0 Å². The lowest BCUT2D eigenvalue weighted by molar-refractivity contribution is 0.324. The first kappa shape index (κ1) is 6.80. The van der Waals surface area contributed by atoms with Gasteiger partial charge in [-0.3, -0.25) is 0 Å². The molecule has 0 atom stereocenters. The highest BCUT2D eigenvalue weighted by Crippen LogP contribution is 2.13. The Morgan fingerprint density at radius 3 is 3.10 bits per heavy atom. The van der Waals surface area contributed by atoms with E-state index in [-0.39, 0.29) is 0 Å². The summed E-state index contributed by atoms with van der Waals surface area (Å²) in [6, 6.07) is 1.65. The van der Waals surface area contributed by atoms with E-state index in [4.69, 9.17) is 10.5 Å². The molecular formula is C6H9N3O. The summed E-state index contributed by atoms with van der Waals surface area (Å²) in [6.45, 7) is 2.43. The van der Waals surface area contributed by atoms with Gasteiger partial charge in [0.25, 0.3) is 5.88 Å². The normalized spacial score (nSPS) is 9.30. The Balaban J connectivity index is 2.81. The molecule has 54 valence electrons. The quantitative estimate of drug-likeness (QED) is 0.646. The fourth-order valence-corrected chi connectivity index (χ4v) is 0.577. The maximum atomic E-state index is 5.48. The van der Waals surface area contributed by atoms with Crippen molar-refractivity contribution in [3.05, 3.63) is 12.3 Å². The lowest BCUT2D eigenvalue weighted by Crippen LogP contribution is -1.99. The summed E-state index contributed by atoms with van der Waals surface area (Å²) in [5.74, 6) is 0.407. The van der Waals surface area contributed by atoms with Crippen LogP contribution in [-0.2, 0) is 0 Å². The van der Waals surface area contributed by atoms with Crippen molar-refractivity contribution in [1.29, 1.82) is 0 Å². The van der Waals surface area contributed by atoms with Crippen molar-refractivity contribution in [1.82, 2.24) is 10.2 Å². The molecular weight excluding hydrogens is 130 g/mol. The van der Waals surface area contributed by atoms with Crippen LogP contribution in [0.25, 0.3) is 0 Å². The van der Waals surface area contributed by atoms with Crippen LogP contribution in [0.4, 0.5) is 5.69 Å². The Bertz CT molecular complexity index is 214. The zero-order valence-electron chi connectivity index (χ0n) is 5.74. The fraction of sp³-hybridized carbons (Fsp3) is 0.333. The molecule has 0 fully saturated rings. The number of nitrogen functional groups attached to an aromatic ring is 1. The molecule has 0 radical (unpaired) electrons. The van der Waals surface area contributed by atoms with Crippen LogP contribution in [0.1, 0.15) is 6.92 Å². The van der Waals surface area contributed by atoms with Crippen LogP contribution in [0, 0.1) is 0 Å². The van der Waals surface area contributed by atoms with Crippen molar-refractivity contribution in [3.8, 4) is 5.88 Å². The van der Waals surface area contributed by atoms with Crippen molar-refractivity contribution in [2.45, 2.75) is 6.92 Å². The fourth-order valence-electron chi connectivity index (χ4n) is 0.577. The van der Waals surface area contributed by atoms with E-state index >= 15 is 0 Å². The Kier molecular flexibility index (Phi) is 2.04. The average molecular weight is 139 g/mol. The molecule has 0 bridgehead atoms. The smallest absolute Gasteiger partial charge is 0.256 e. The van der Waals surface area contributed by atoms with E-state index in [0.29, 0.717) is 18.2 Å². The van der Waals surface area contributed by atoms with Crippen molar-refractivity contribution in [2.75, 3.05) is 12.3 Å². The first-order valence-electron chi connectivity index (χ1n) is 3.04. The highest BCUT2D eigenvalue weighted by atomic mass is 16.5. The molecule has 0 amide bonds. The van der Waals surface area contributed by atoms with E-state index in [0.717, 1.165) is 0 Å². The minimum atomic E-state index is 0.407. The van der Waals surface area contributed by atoms with Gasteiger partial charge in [-0.2, -0.15) is 5.10 Å². The summed E-state index contributed by atoms with van der Waals surface area (Å²) < 4.78 is 5.04. The highest BCUT2D eigenvalue weighted by molar-refractivity contribution is 5.45. The second-order valence-corrected chi connectivity index (χ2v) is 1.72. The van der Waals surface area contributed by atoms with Crippen molar-refractivity contribution in [3.63, 3.8) is 0 Å². The van der Waals surface area contributed by atoms with Gasteiger partial charge in [0.2, 0.25) is 0 Å². The molecule has 0 spiro atoms. The molecule has 4 nitrogen and oxygen atoms in total. The third kappa shape index (κ3) is 1.34. The Hall–Kier alpha value is -1.32. The molecule has 4 heteroatoms. The van der Waals surface area contributed by atoms with Crippen molar-refractivity contribution < 1.29 is 4.74 Å². The molecule has 0 aliphatic rings. The monoisotopic (exact) mass is 139 g/mol.